The lowest BCUT2D eigenvalue weighted by Gasteiger charge is -2.18. The number of aromatic nitrogens is 2. The number of hydrogen-bond donors (Lipinski definition) is 2. The Labute approximate surface area is 187 Å². The molecular weight excluding hydrogens is 408 g/mol. The molecule has 8 heteroatoms. The van der Waals surface area contributed by atoms with Crippen LogP contribution in [0.3, 0.4) is 0 Å². The molecule has 0 unspecified atom stereocenters. The first kappa shape index (κ1) is 23.0. The highest BCUT2D eigenvalue weighted by molar-refractivity contribution is 5.93. The van der Waals surface area contributed by atoms with Crippen LogP contribution in [0.4, 0.5) is 11.5 Å². The van der Waals surface area contributed by atoms with Gasteiger partial charge in [-0.15, -0.1) is 0 Å². The summed E-state index contributed by atoms with van der Waals surface area (Å²) in [7, 11) is 1.29. The molecule has 3 aromatic rings. The van der Waals surface area contributed by atoms with Crippen molar-refractivity contribution in [3.8, 4) is 22.8 Å². The molecule has 0 saturated heterocycles. The molecule has 0 bridgehead atoms. The summed E-state index contributed by atoms with van der Waals surface area (Å²) < 4.78 is 10.7. The van der Waals surface area contributed by atoms with Crippen LogP contribution in [0.25, 0.3) is 11.3 Å². The smallest absolute Gasteiger partial charge is 0.360 e. The van der Waals surface area contributed by atoms with Crippen LogP contribution >= 0.6 is 0 Å². The van der Waals surface area contributed by atoms with Gasteiger partial charge in [-0.3, -0.25) is 0 Å². The van der Waals surface area contributed by atoms with Gasteiger partial charge >= 0.3 is 5.97 Å². The third-order valence-corrected chi connectivity index (χ3v) is 4.98. The van der Waals surface area contributed by atoms with E-state index < -0.39 is 5.97 Å². The maximum atomic E-state index is 12.3. The van der Waals surface area contributed by atoms with Gasteiger partial charge in [0.2, 0.25) is 0 Å². The normalized spacial score (nSPS) is 10.8. The van der Waals surface area contributed by atoms with Gasteiger partial charge in [-0.25, -0.2) is 14.8 Å². The molecule has 32 heavy (non-hydrogen) atoms. The van der Waals surface area contributed by atoms with Gasteiger partial charge in [-0.2, -0.15) is 0 Å². The van der Waals surface area contributed by atoms with Crippen LogP contribution in [0.15, 0.2) is 54.7 Å². The summed E-state index contributed by atoms with van der Waals surface area (Å²) in [4.78, 5) is 23.4. The van der Waals surface area contributed by atoms with E-state index in [1.165, 1.54) is 13.3 Å². The Hall–Kier alpha value is -3.65. The van der Waals surface area contributed by atoms with E-state index >= 15 is 0 Å². The molecule has 0 amide bonds. The predicted molar refractivity (Wildman–Crippen MR) is 123 cm³/mol. The van der Waals surface area contributed by atoms with Gasteiger partial charge in [0.05, 0.1) is 19.0 Å². The monoisotopic (exact) mass is 436 g/mol. The van der Waals surface area contributed by atoms with E-state index in [1.807, 2.05) is 24.3 Å². The molecule has 0 atom stereocenters. The highest BCUT2D eigenvalue weighted by Crippen LogP contribution is 2.25. The Balaban J connectivity index is 1.74. The average Bonchev–Trinajstić information content (AvgIpc) is 2.82. The summed E-state index contributed by atoms with van der Waals surface area (Å²) in [6.45, 7) is 7.74. The highest BCUT2D eigenvalue weighted by atomic mass is 16.5. The number of anilines is 2. The van der Waals surface area contributed by atoms with Crippen molar-refractivity contribution < 1.29 is 19.4 Å². The fourth-order valence-electron chi connectivity index (χ4n) is 3.13. The van der Waals surface area contributed by atoms with Crippen molar-refractivity contribution in [1.29, 1.82) is 0 Å². The Morgan fingerprint density at radius 2 is 1.88 bits per heavy atom. The van der Waals surface area contributed by atoms with Crippen molar-refractivity contribution in [2.75, 3.05) is 38.7 Å². The topological polar surface area (TPSA) is 96.8 Å². The molecule has 0 aliphatic carbocycles. The summed E-state index contributed by atoms with van der Waals surface area (Å²) in [5.74, 6) is 0.529. The van der Waals surface area contributed by atoms with Gasteiger partial charge in [0.25, 0.3) is 0 Å². The molecule has 2 aromatic carbocycles. The molecular formula is C24H28N4O4. The Morgan fingerprint density at radius 1 is 1.12 bits per heavy atom. The van der Waals surface area contributed by atoms with E-state index in [0.717, 1.165) is 31.1 Å². The predicted octanol–water partition coefficient (Wildman–Crippen LogP) is 4.10. The zero-order valence-electron chi connectivity index (χ0n) is 18.5. The standard InChI is InChI=1S/C24H28N4O4/c1-4-28(5-2)13-14-32-20-11-9-18(10-12-20)26-23-22(24(30)31-3)27-21(16-25-23)17-7-6-8-19(29)15-17/h6-12,15-16,29H,4-5,13-14H2,1-3H3,(H,25,26). The fourth-order valence-corrected chi connectivity index (χ4v) is 3.13. The van der Waals surface area contributed by atoms with E-state index in [2.05, 4.69) is 34.0 Å². The summed E-state index contributed by atoms with van der Waals surface area (Å²) >= 11 is 0. The number of ether oxygens (including phenoxy) is 2. The van der Waals surface area contributed by atoms with Gasteiger partial charge in [-0.05, 0) is 49.5 Å². The number of esters is 1. The zero-order valence-corrected chi connectivity index (χ0v) is 18.5. The SMILES string of the molecule is CCN(CC)CCOc1ccc(Nc2ncc(-c3cccc(O)c3)nc2C(=O)OC)cc1. The summed E-state index contributed by atoms with van der Waals surface area (Å²) in [5.41, 5.74) is 1.86. The molecule has 0 spiro atoms. The quantitative estimate of drug-likeness (QED) is 0.459. The second kappa shape index (κ2) is 11.1. The Kier molecular flexibility index (Phi) is 7.99. The number of benzene rings is 2. The number of hydrogen-bond acceptors (Lipinski definition) is 8. The van der Waals surface area contributed by atoms with Crippen LogP contribution in [0, 0.1) is 0 Å². The lowest BCUT2D eigenvalue weighted by molar-refractivity contribution is 0.0595. The molecule has 8 nitrogen and oxygen atoms in total. The minimum atomic E-state index is -0.613. The number of aromatic hydroxyl groups is 1. The van der Waals surface area contributed by atoms with Crippen molar-refractivity contribution >= 4 is 17.5 Å². The van der Waals surface area contributed by atoms with E-state index in [9.17, 15) is 9.90 Å². The van der Waals surface area contributed by atoms with E-state index in [0.29, 0.717) is 17.9 Å². The van der Waals surface area contributed by atoms with E-state index in [1.54, 1.807) is 24.3 Å². The molecule has 0 fully saturated rings. The van der Waals surface area contributed by atoms with Crippen molar-refractivity contribution in [3.05, 3.63) is 60.4 Å². The summed E-state index contributed by atoms with van der Waals surface area (Å²) in [6, 6.07) is 14.0. The number of phenolic OH excluding ortho intramolecular Hbond substituents is 1. The van der Waals surface area contributed by atoms with Gasteiger partial charge in [0.1, 0.15) is 18.1 Å². The lowest BCUT2D eigenvalue weighted by Crippen LogP contribution is -2.27. The van der Waals surface area contributed by atoms with Gasteiger partial charge in [-0.1, -0.05) is 26.0 Å². The first-order chi connectivity index (χ1) is 15.5. The van der Waals surface area contributed by atoms with E-state index in [-0.39, 0.29) is 17.3 Å². The minimum Gasteiger partial charge on any atom is -0.508 e. The number of phenols is 1. The summed E-state index contributed by atoms with van der Waals surface area (Å²) in [5, 5.41) is 12.8. The maximum absolute atomic E-state index is 12.3. The number of methoxy groups -OCH3 is 1. The third-order valence-electron chi connectivity index (χ3n) is 4.98. The maximum Gasteiger partial charge on any atom is 0.360 e. The van der Waals surface area contributed by atoms with Crippen molar-refractivity contribution in [3.63, 3.8) is 0 Å². The molecule has 2 N–H and O–H groups in total. The third kappa shape index (κ3) is 5.95. The molecule has 1 aromatic heterocycles. The highest BCUT2D eigenvalue weighted by Gasteiger charge is 2.17. The van der Waals surface area contributed by atoms with Crippen molar-refractivity contribution in [2.45, 2.75) is 13.8 Å². The number of nitrogens with one attached hydrogen (secondary N) is 1. The number of carbonyl (C=O) groups is 1. The molecule has 0 radical (unpaired) electrons. The minimum absolute atomic E-state index is 0.0490. The van der Waals surface area contributed by atoms with Crippen LogP contribution in [-0.2, 0) is 4.74 Å². The number of likely N-dealkylation sites (N-methyl/N-ethyl adjacent to an activating group) is 1. The lowest BCUT2D eigenvalue weighted by atomic mass is 10.1. The Morgan fingerprint density at radius 3 is 2.53 bits per heavy atom. The second-order valence-electron chi connectivity index (χ2n) is 7.02. The second-order valence-corrected chi connectivity index (χ2v) is 7.02. The largest absolute Gasteiger partial charge is 0.508 e. The molecule has 0 aliphatic heterocycles. The first-order valence-corrected chi connectivity index (χ1v) is 10.5. The fraction of sp³-hybridized carbons (Fsp3) is 0.292. The first-order valence-electron chi connectivity index (χ1n) is 10.5. The molecule has 0 saturated carbocycles. The van der Waals surface area contributed by atoms with Crippen LogP contribution < -0.4 is 10.1 Å². The van der Waals surface area contributed by atoms with Crippen molar-refractivity contribution in [2.24, 2.45) is 0 Å². The van der Waals surface area contributed by atoms with Gasteiger partial charge in [0, 0.05) is 17.8 Å². The van der Waals surface area contributed by atoms with Crippen LogP contribution in [0.1, 0.15) is 24.3 Å². The molecule has 1 heterocycles. The van der Waals surface area contributed by atoms with Crippen molar-refractivity contribution in [1.82, 2.24) is 14.9 Å². The van der Waals surface area contributed by atoms with Gasteiger partial charge < -0.3 is 24.8 Å². The molecule has 3 rings (SSSR count). The van der Waals surface area contributed by atoms with E-state index in [4.69, 9.17) is 9.47 Å². The molecule has 0 aliphatic rings. The number of carbonyl (C=O) groups excluding carboxylic acids is 1. The Bertz CT molecular complexity index is 1040. The number of nitrogens with zero attached hydrogens (tertiary/aromatic N) is 3. The van der Waals surface area contributed by atoms with Crippen LogP contribution in [0.5, 0.6) is 11.5 Å². The average molecular weight is 437 g/mol. The summed E-state index contributed by atoms with van der Waals surface area (Å²) in [6.07, 6.45) is 1.54. The van der Waals surface area contributed by atoms with Crippen LogP contribution in [0.2, 0.25) is 0 Å². The van der Waals surface area contributed by atoms with Gasteiger partial charge in [0.15, 0.2) is 11.5 Å². The number of rotatable bonds is 10. The molecule has 168 valence electrons. The van der Waals surface area contributed by atoms with Crippen LogP contribution in [-0.4, -0.2) is 59.3 Å². The zero-order chi connectivity index (χ0) is 22.9.